The van der Waals surface area contributed by atoms with Crippen molar-refractivity contribution in [2.24, 2.45) is 5.92 Å². The number of carboxylic acid groups (broad SMARTS) is 1. The van der Waals surface area contributed by atoms with Crippen molar-refractivity contribution in [3.05, 3.63) is 40.4 Å². The van der Waals surface area contributed by atoms with Crippen molar-refractivity contribution in [3.63, 3.8) is 0 Å². The Hall–Kier alpha value is -1.29. The lowest BCUT2D eigenvalue weighted by Gasteiger charge is -2.28. The summed E-state index contributed by atoms with van der Waals surface area (Å²) in [6.45, 7) is 2.04. The molecule has 0 unspecified atom stereocenters. The molecule has 0 saturated heterocycles. The Morgan fingerprint density at radius 2 is 2.05 bits per heavy atom. The van der Waals surface area contributed by atoms with Gasteiger partial charge in [0.15, 0.2) is 0 Å². The highest BCUT2D eigenvalue weighted by atomic mass is 79.9. The molecule has 20 heavy (non-hydrogen) atoms. The molecule has 0 aromatic heterocycles. The Labute approximate surface area is 127 Å². The van der Waals surface area contributed by atoms with E-state index < -0.39 is 5.97 Å². The number of allylic oxidation sites excluding steroid dienone is 1. The molecule has 0 atom stereocenters. The molecule has 1 aliphatic carbocycles. The molecule has 1 aromatic rings. The predicted molar refractivity (Wildman–Crippen MR) is 82.0 cm³/mol. The molecule has 108 valence electrons. The van der Waals surface area contributed by atoms with Gasteiger partial charge in [-0.05, 0) is 50.7 Å². The molecule has 1 N–H and O–H groups in total. The van der Waals surface area contributed by atoms with Crippen LogP contribution in [0.25, 0.3) is 0 Å². The van der Waals surface area contributed by atoms with Crippen LogP contribution in [0, 0.1) is 12.8 Å². The topological polar surface area (TPSA) is 46.5 Å². The molecule has 0 spiro atoms. The van der Waals surface area contributed by atoms with Gasteiger partial charge in [0.1, 0.15) is 5.75 Å². The number of hydrogen-bond acceptors (Lipinski definition) is 2. The van der Waals surface area contributed by atoms with Gasteiger partial charge in [0.05, 0.1) is 6.10 Å². The number of aliphatic carboxylic acids is 1. The van der Waals surface area contributed by atoms with Crippen molar-refractivity contribution in [1.29, 1.82) is 0 Å². The van der Waals surface area contributed by atoms with Gasteiger partial charge in [-0.3, -0.25) is 0 Å². The predicted octanol–water partition coefficient (Wildman–Crippen LogP) is 4.34. The van der Waals surface area contributed by atoms with Crippen LogP contribution in [-0.4, -0.2) is 17.2 Å². The largest absolute Gasteiger partial charge is 0.490 e. The molecule has 1 aliphatic rings. The first-order chi connectivity index (χ1) is 9.56. The van der Waals surface area contributed by atoms with Gasteiger partial charge in [0.25, 0.3) is 0 Å². The first-order valence-corrected chi connectivity index (χ1v) is 7.68. The molecule has 1 aromatic carbocycles. The van der Waals surface area contributed by atoms with Crippen LogP contribution in [0.3, 0.4) is 0 Å². The van der Waals surface area contributed by atoms with Crippen LogP contribution in [0.2, 0.25) is 0 Å². The van der Waals surface area contributed by atoms with E-state index in [0.717, 1.165) is 41.5 Å². The lowest BCUT2D eigenvalue weighted by Crippen LogP contribution is -2.23. The van der Waals surface area contributed by atoms with Crippen LogP contribution in [-0.2, 0) is 4.79 Å². The van der Waals surface area contributed by atoms with Crippen LogP contribution >= 0.6 is 15.9 Å². The number of hydrogen-bond donors (Lipinski definition) is 1. The zero-order chi connectivity index (χ0) is 14.5. The minimum atomic E-state index is -0.867. The van der Waals surface area contributed by atoms with Crippen LogP contribution in [0.1, 0.15) is 31.2 Å². The summed E-state index contributed by atoms with van der Waals surface area (Å²) < 4.78 is 7.13. The standard InChI is InChI=1S/C16H19BrO3/c1-11-14(17)3-2-4-15(11)20-13-8-5-12(6-9-13)7-10-16(18)19/h2-4,7,10,12-13H,5-6,8-9H2,1H3,(H,18,19)/b10-7+. The molecule has 2 rings (SSSR count). The van der Waals surface area contributed by atoms with Crippen molar-refractivity contribution >= 4 is 21.9 Å². The first-order valence-electron chi connectivity index (χ1n) is 6.89. The lowest BCUT2D eigenvalue weighted by molar-refractivity contribution is -0.131. The van der Waals surface area contributed by atoms with Crippen LogP contribution in [0.5, 0.6) is 5.75 Å². The Morgan fingerprint density at radius 1 is 1.35 bits per heavy atom. The van der Waals surface area contributed by atoms with E-state index in [1.54, 1.807) is 0 Å². The Balaban J connectivity index is 1.88. The summed E-state index contributed by atoms with van der Waals surface area (Å²) in [4.78, 5) is 10.5. The summed E-state index contributed by atoms with van der Waals surface area (Å²) in [7, 11) is 0. The number of carboxylic acids is 1. The molecular weight excluding hydrogens is 320 g/mol. The highest BCUT2D eigenvalue weighted by molar-refractivity contribution is 9.10. The second-order valence-electron chi connectivity index (χ2n) is 5.21. The van der Waals surface area contributed by atoms with Crippen molar-refractivity contribution in [1.82, 2.24) is 0 Å². The normalized spacial score (nSPS) is 22.9. The van der Waals surface area contributed by atoms with Gasteiger partial charge in [-0.25, -0.2) is 4.79 Å². The molecule has 4 heteroatoms. The average Bonchev–Trinajstić information content (AvgIpc) is 2.43. The maximum Gasteiger partial charge on any atom is 0.327 e. The number of carbonyl (C=O) groups is 1. The second-order valence-corrected chi connectivity index (χ2v) is 6.07. The fourth-order valence-corrected chi connectivity index (χ4v) is 2.86. The smallest absolute Gasteiger partial charge is 0.327 e. The summed E-state index contributed by atoms with van der Waals surface area (Å²) in [5.74, 6) is 0.437. The molecule has 1 fully saturated rings. The van der Waals surface area contributed by atoms with Gasteiger partial charge < -0.3 is 9.84 Å². The third-order valence-corrected chi connectivity index (χ3v) is 4.60. The maximum absolute atomic E-state index is 10.5. The molecular formula is C16H19BrO3. The van der Waals surface area contributed by atoms with Crippen molar-refractivity contribution in [2.45, 2.75) is 38.7 Å². The van der Waals surface area contributed by atoms with Gasteiger partial charge in [-0.1, -0.05) is 28.1 Å². The molecule has 0 amide bonds. The minimum absolute atomic E-state index is 0.234. The molecule has 0 bridgehead atoms. The number of benzene rings is 1. The third-order valence-electron chi connectivity index (χ3n) is 3.74. The summed E-state index contributed by atoms with van der Waals surface area (Å²) in [6.07, 6.45) is 7.22. The number of ether oxygens (including phenoxy) is 1. The number of rotatable bonds is 4. The molecule has 3 nitrogen and oxygen atoms in total. The quantitative estimate of drug-likeness (QED) is 0.831. The van der Waals surface area contributed by atoms with E-state index in [1.807, 2.05) is 31.2 Å². The zero-order valence-electron chi connectivity index (χ0n) is 11.5. The highest BCUT2D eigenvalue weighted by Gasteiger charge is 2.21. The van der Waals surface area contributed by atoms with Crippen LogP contribution in [0.15, 0.2) is 34.8 Å². The van der Waals surface area contributed by atoms with Gasteiger partial charge in [0, 0.05) is 16.1 Å². The Kier molecular flexibility index (Phi) is 5.24. The highest BCUT2D eigenvalue weighted by Crippen LogP contribution is 2.31. The molecule has 1 saturated carbocycles. The van der Waals surface area contributed by atoms with E-state index in [0.29, 0.717) is 5.92 Å². The van der Waals surface area contributed by atoms with Gasteiger partial charge >= 0.3 is 5.97 Å². The van der Waals surface area contributed by atoms with Gasteiger partial charge in [0.2, 0.25) is 0 Å². The van der Waals surface area contributed by atoms with E-state index >= 15 is 0 Å². The van der Waals surface area contributed by atoms with E-state index in [2.05, 4.69) is 15.9 Å². The lowest BCUT2D eigenvalue weighted by atomic mass is 9.87. The summed E-state index contributed by atoms with van der Waals surface area (Å²) >= 11 is 3.51. The van der Waals surface area contributed by atoms with Crippen molar-refractivity contribution in [3.8, 4) is 5.75 Å². The van der Waals surface area contributed by atoms with E-state index in [-0.39, 0.29) is 6.10 Å². The molecule has 0 aliphatic heterocycles. The van der Waals surface area contributed by atoms with Crippen LogP contribution in [0.4, 0.5) is 0 Å². The third kappa shape index (κ3) is 4.10. The van der Waals surface area contributed by atoms with E-state index in [1.165, 1.54) is 6.08 Å². The van der Waals surface area contributed by atoms with E-state index in [4.69, 9.17) is 9.84 Å². The van der Waals surface area contributed by atoms with Crippen molar-refractivity contribution < 1.29 is 14.6 Å². The Bertz CT molecular complexity index is 502. The minimum Gasteiger partial charge on any atom is -0.490 e. The Morgan fingerprint density at radius 3 is 2.70 bits per heavy atom. The fraction of sp³-hybridized carbons (Fsp3) is 0.438. The first kappa shape index (κ1) is 15.1. The summed E-state index contributed by atoms with van der Waals surface area (Å²) in [5, 5.41) is 8.63. The van der Waals surface area contributed by atoms with Crippen LogP contribution < -0.4 is 4.74 Å². The van der Waals surface area contributed by atoms with Gasteiger partial charge in [-0.2, -0.15) is 0 Å². The monoisotopic (exact) mass is 338 g/mol. The van der Waals surface area contributed by atoms with Crippen molar-refractivity contribution in [2.75, 3.05) is 0 Å². The SMILES string of the molecule is Cc1c(Br)cccc1OC1CCC(/C=C/C(=O)O)CC1. The number of halogens is 1. The second kappa shape index (κ2) is 6.93. The van der Waals surface area contributed by atoms with Gasteiger partial charge in [-0.15, -0.1) is 0 Å². The fourth-order valence-electron chi connectivity index (χ4n) is 2.51. The average molecular weight is 339 g/mol. The molecule has 0 radical (unpaired) electrons. The molecule has 0 heterocycles. The zero-order valence-corrected chi connectivity index (χ0v) is 13.1. The van der Waals surface area contributed by atoms with E-state index in [9.17, 15) is 4.79 Å². The summed E-state index contributed by atoms with van der Waals surface area (Å²) in [5.41, 5.74) is 1.13. The maximum atomic E-state index is 10.5. The summed E-state index contributed by atoms with van der Waals surface area (Å²) in [6, 6.07) is 5.99.